The first-order valence-electron chi connectivity index (χ1n) is 6.50. The first kappa shape index (κ1) is 16.5. The molecule has 0 aromatic heterocycles. The summed E-state index contributed by atoms with van der Waals surface area (Å²) in [6.45, 7) is 4.16. The Bertz CT molecular complexity index is 562. The Morgan fingerprint density at radius 3 is 2.20 bits per heavy atom. The van der Waals surface area contributed by atoms with E-state index in [0.29, 0.717) is 25.1 Å². The van der Waals surface area contributed by atoms with Crippen molar-refractivity contribution in [3.05, 3.63) is 29.3 Å². The molecule has 0 bridgehead atoms. The van der Waals surface area contributed by atoms with Crippen molar-refractivity contribution in [3.63, 3.8) is 0 Å². The molecule has 0 atom stereocenters. The SMILES string of the molecule is CNC(=O)CCCN(c1cc(C)cc(C)c1)S(C)(=O)=O. The number of hydrogen-bond donors (Lipinski definition) is 1. The number of hydrogen-bond acceptors (Lipinski definition) is 3. The summed E-state index contributed by atoms with van der Waals surface area (Å²) >= 11 is 0. The molecule has 0 unspecified atom stereocenters. The number of carbonyl (C=O) groups is 1. The van der Waals surface area contributed by atoms with Crippen molar-refractivity contribution in [1.82, 2.24) is 5.32 Å². The fourth-order valence-corrected chi connectivity index (χ4v) is 3.04. The molecule has 0 radical (unpaired) electrons. The van der Waals surface area contributed by atoms with Crippen molar-refractivity contribution in [2.75, 3.05) is 24.2 Å². The minimum Gasteiger partial charge on any atom is -0.359 e. The Morgan fingerprint density at radius 1 is 1.20 bits per heavy atom. The van der Waals surface area contributed by atoms with Gasteiger partial charge in [0.1, 0.15) is 0 Å². The zero-order chi connectivity index (χ0) is 15.3. The summed E-state index contributed by atoms with van der Waals surface area (Å²) in [6.07, 6.45) is 1.98. The van der Waals surface area contributed by atoms with Crippen LogP contribution in [0.5, 0.6) is 0 Å². The topological polar surface area (TPSA) is 66.5 Å². The van der Waals surface area contributed by atoms with Crippen LogP contribution in [0.25, 0.3) is 0 Å². The molecule has 1 rings (SSSR count). The van der Waals surface area contributed by atoms with E-state index in [-0.39, 0.29) is 5.91 Å². The minimum atomic E-state index is -3.35. The molecule has 0 aliphatic carbocycles. The maximum Gasteiger partial charge on any atom is 0.232 e. The van der Waals surface area contributed by atoms with E-state index >= 15 is 0 Å². The molecule has 0 aliphatic heterocycles. The van der Waals surface area contributed by atoms with Gasteiger partial charge in [0.2, 0.25) is 15.9 Å². The Labute approximate surface area is 121 Å². The highest BCUT2D eigenvalue weighted by Crippen LogP contribution is 2.21. The average molecular weight is 298 g/mol. The lowest BCUT2D eigenvalue weighted by Crippen LogP contribution is -2.32. The van der Waals surface area contributed by atoms with E-state index < -0.39 is 10.0 Å². The molecule has 6 heteroatoms. The van der Waals surface area contributed by atoms with Gasteiger partial charge in [-0.15, -0.1) is 0 Å². The van der Waals surface area contributed by atoms with E-state index in [1.165, 1.54) is 10.6 Å². The summed E-state index contributed by atoms with van der Waals surface area (Å²) < 4.78 is 25.2. The summed E-state index contributed by atoms with van der Waals surface area (Å²) in [5.74, 6) is -0.0844. The van der Waals surface area contributed by atoms with Crippen LogP contribution in [0.15, 0.2) is 18.2 Å². The highest BCUT2D eigenvalue weighted by atomic mass is 32.2. The molecule has 0 spiro atoms. The molecular formula is C14H22N2O3S. The van der Waals surface area contributed by atoms with Gasteiger partial charge in [0, 0.05) is 20.0 Å². The maximum absolute atomic E-state index is 11.9. The molecule has 1 N–H and O–H groups in total. The molecule has 1 amide bonds. The number of benzene rings is 1. The predicted molar refractivity (Wildman–Crippen MR) is 81.4 cm³/mol. The Morgan fingerprint density at radius 2 is 1.75 bits per heavy atom. The third kappa shape index (κ3) is 4.85. The van der Waals surface area contributed by atoms with E-state index in [9.17, 15) is 13.2 Å². The van der Waals surface area contributed by atoms with E-state index in [0.717, 1.165) is 11.1 Å². The second kappa shape index (κ2) is 6.74. The van der Waals surface area contributed by atoms with Crippen LogP contribution >= 0.6 is 0 Å². The predicted octanol–water partition coefficient (Wildman–Crippen LogP) is 1.60. The lowest BCUT2D eigenvalue weighted by atomic mass is 10.1. The Kier molecular flexibility index (Phi) is 5.56. The van der Waals surface area contributed by atoms with E-state index in [2.05, 4.69) is 5.32 Å². The van der Waals surface area contributed by atoms with Crippen LogP contribution in [0.2, 0.25) is 0 Å². The van der Waals surface area contributed by atoms with E-state index in [1.54, 1.807) is 7.05 Å². The number of amides is 1. The fraction of sp³-hybridized carbons (Fsp3) is 0.500. The summed E-state index contributed by atoms with van der Waals surface area (Å²) in [7, 11) is -1.78. The maximum atomic E-state index is 11.9. The standard InChI is InChI=1S/C14H22N2O3S/c1-11-8-12(2)10-13(9-11)16(20(4,18)19)7-5-6-14(17)15-3/h8-10H,5-7H2,1-4H3,(H,15,17). The van der Waals surface area contributed by atoms with Crippen molar-refractivity contribution in [1.29, 1.82) is 0 Å². The molecule has 112 valence electrons. The number of aryl methyl sites for hydroxylation is 2. The van der Waals surface area contributed by atoms with Gasteiger partial charge < -0.3 is 5.32 Å². The van der Waals surface area contributed by atoms with Crippen LogP contribution in [0.3, 0.4) is 0 Å². The van der Waals surface area contributed by atoms with Crippen molar-refractivity contribution >= 4 is 21.6 Å². The quantitative estimate of drug-likeness (QED) is 0.867. The summed E-state index contributed by atoms with van der Waals surface area (Å²) in [6, 6.07) is 5.68. The smallest absolute Gasteiger partial charge is 0.232 e. The largest absolute Gasteiger partial charge is 0.359 e. The Balaban J connectivity index is 2.93. The van der Waals surface area contributed by atoms with Crippen molar-refractivity contribution in [2.45, 2.75) is 26.7 Å². The van der Waals surface area contributed by atoms with Gasteiger partial charge in [-0.2, -0.15) is 0 Å². The molecule has 0 saturated carbocycles. The van der Waals surface area contributed by atoms with Gasteiger partial charge in [0.05, 0.1) is 11.9 Å². The van der Waals surface area contributed by atoms with Crippen LogP contribution in [0.1, 0.15) is 24.0 Å². The third-order valence-electron chi connectivity index (χ3n) is 2.94. The second-order valence-corrected chi connectivity index (χ2v) is 6.86. The second-order valence-electron chi connectivity index (χ2n) is 4.96. The highest BCUT2D eigenvalue weighted by Gasteiger charge is 2.17. The lowest BCUT2D eigenvalue weighted by molar-refractivity contribution is -0.120. The zero-order valence-electron chi connectivity index (χ0n) is 12.4. The molecule has 1 aromatic carbocycles. The van der Waals surface area contributed by atoms with Crippen LogP contribution in [0.4, 0.5) is 5.69 Å². The normalized spacial score (nSPS) is 11.2. The fourth-order valence-electron chi connectivity index (χ4n) is 2.09. The van der Waals surface area contributed by atoms with Gasteiger partial charge >= 0.3 is 0 Å². The monoisotopic (exact) mass is 298 g/mol. The van der Waals surface area contributed by atoms with Crippen molar-refractivity contribution < 1.29 is 13.2 Å². The first-order valence-corrected chi connectivity index (χ1v) is 8.35. The average Bonchev–Trinajstić information content (AvgIpc) is 2.31. The summed E-state index contributed by atoms with van der Waals surface area (Å²) in [5, 5.41) is 2.53. The number of anilines is 1. The summed E-state index contributed by atoms with van der Waals surface area (Å²) in [5.41, 5.74) is 2.68. The molecular weight excluding hydrogens is 276 g/mol. The van der Waals surface area contributed by atoms with E-state index in [1.807, 2.05) is 32.0 Å². The van der Waals surface area contributed by atoms with Gasteiger partial charge in [-0.05, 0) is 43.5 Å². The first-order chi connectivity index (χ1) is 9.24. The number of nitrogens with one attached hydrogen (secondary N) is 1. The van der Waals surface area contributed by atoms with E-state index in [4.69, 9.17) is 0 Å². The molecule has 0 saturated heterocycles. The number of carbonyl (C=O) groups excluding carboxylic acids is 1. The Hall–Kier alpha value is -1.56. The number of sulfonamides is 1. The third-order valence-corrected chi connectivity index (χ3v) is 4.13. The van der Waals surface area contributed by atoms with Crippen LogP contribution in [-0.2, 0) is 14.8 Å². The van der Waals surface area contributed by atoms with Crippen molar-refractivity contribution in [2.24, 2.45) is 0 Å². The zero-order valence-corrected chi connectivity index (χ0v) is 13.3. The summed E-state index contributed by atoms with van der Waals surface area (Å²) in [4.78, 5) is 11.2. The molecule has 0 fully saturated rings. The molecule has 20 heavy (non-hydrogen) atoms. The number of nitrogens with zero attached hydrogens (tertiary/aromatic N) is 1. The van der Waals surface area contributed by atoms with Crippen molar-refractivity contribution in [3.8, 4) is 0 Å². The molecule has 5 nitrogen and oxygen atoms in total. The van der Waals surface area contributed by atoms with Crippen LogP contribution in [0, 0.1) is 13.8 Å². The van der Waals surface area contributed by atoms with Gasteiger partial charge in [0.25, 0.3) is 0 Å². The van der Waals surface area contributed by atoms with Crippen LogP contribution in [-0.4, -0.2) is 34.2 Å². The number of rotatable bonds is 6. The van der Waals surface area contributed by atoms with Gasteiger partial charge in [-0.1, -0.05) is 6.07 Å². The van der Waals surface area contributed by atoms with Gasteiger partial charge in [-0.25, -0.2) is 8.42 Å². The van der Waals surface area contributed by atoms with Gasteiger partial charge in [0.15, 0.2) is 0 Å². The lowest BCUT2D eigenvalue weighted by Gasteiger charge is -2.23. The van der Waals surface area contributed by atoms with Crippen LogP contribution < -0.4 is 9.62 Å². The van der Waals surface area contributed by atoms with Gasteiger partial charge in [-0.3, -0.25) is 9.10 Å². The molecule has 0 aliphatic rings. The molecule has 0 heterocycles. The minimum absolute atomic E-state index is 0.0844. The highest BCUT2D eigenvalue weighted by molar-refractivity contribution is 7.92. The molecule has 1 aromatic rings.